The molecule has 2 rings (SSSR count). The number of nitrogens with one attached hydrogen (secondary N) is 1. The van der Waals surface area contributed by atoms with Crippen LogP contribution < -0.4 is 10.2 Å². The van der Waals surface area contributed by atoms with Crippen LogP contribution in [0.15, 0.2) is 6.20 Å². The van der Waals surface area contributed by atoms with Gasteiger partial charge in [-0.15, -0.1) is 0 Å². The molecule has 1 saturated heterocycles. The van der Waals surface area contributed by atoms with Crippen LogP contribution in [0.3, 0.4) is 0 Å². The van der Waals surface area contributed by atoms with E-state index in [1.807, 2.05) is 11.8 Å². The summed E-state index contributed by atoms with van der Waals surface area (Å²) in [5, 5.41) is 3.39. The van der Waals surface area contributed by atoms with E-state index in [1.165, 1.54) is 11.1 Å². The summed E-state index contributed by atoms with van der Waals surface area (Å²) in [6.45, 7) is 3.30. The summed E-state index contributed by atoms with van der Waals surface area (Å²) in [6, 6.07) is 0. The number of piperazine rings is 1. The highest BCUT2D eigenvalue weighted by atomic mass is 35.5. The van der Waals surface area contributed by atoms with Crippen molar-refractivity contribution in [2.45, 2.75) is 13.1 Å². The highest BCUT2D eigenvalue weighted by molar-refractivity contribution is 6.32. The molecule has 0 bridgehead atoms. The molecule has 0 atom stereocenters. The molecule has 0 radical (unpaired) electrons. The predicted molar refractivity (Wildman–Crippen MR) is 75.9 cm³/mol. The SMILES string of the molecule is CCNc1ncc(Cl)c(N2CCN(CC(F)(F)F)CC2)n1. The summed E-state index contributed by atoms with van der Waals surface area (Å²) < 4.78 is 37.1. The molecule has 1 fully saturated rings. The summed E-state index contributed by atoms with van der Waals surface area (Å²) in [4.78, 5) is 11.6. The van der Waals surface area contributed by atoms with E-state index in [0.717, 1.165) is 0 Å². The Morgan fingerprint density at radius 2 is 1.95 bits per heavy atom. The van der Waals surface area contributed by atoms with Crippen molar-refractivity contribution in [1.82, 2.24) is 14.9 Å². The number of alkyl halides is 3. The molecular weight excluding hydrogens is 307 g/mol. The Hall–Kier alpha value is -1.28. The van der Waals surface area contributed by atoms with Crippen molar-refractivity contribution in [2.24, 2.45) is 0 Å². The van der Waals surface area contributed by atoms with Gasteiger partial charge in [-0.3, -0.25) is 4.90 Å². The number of halogens is 4. The summed E-state index contributed by atoms with van der Waals surface area (Å²) in [7, 11) is 0. The first-order valence-corrected chi connectivity index (χ1v) is 7.07. The van der Waals surface area contributed by atoms with E-state index in [9.17, 15) is 13.2 Å². The van der Waals surface area contributed by atoms with E-state index >= 15 is 0 Å². The summed E-state index contributed by atoms with van der Waals surface area (Å²) in [5.74, 6) is 1.03. The van der Waals surface area contributed by atoms with Gasteiger partial charge in [-0.05, 0) is 6.92 Å². The van der Waals surface area contributed by atoms with Crippen LogP contribution >= 0.6 is 11.6 Å². The highest BCUT2D eigenvalue weighted by Crippen LogP contribution is 2.25. The van der Waals surface area contributed by atoms with Crippen LogP contribution in [0, 0.1) is 0 Å². The Kier molecular flexibility index (Phi) is 5.10. The molecule has 0 spiro atoms. The smallest absolute Gasteiger partial charge is 0.354 e. The molecule has 1 aromatic heterocycles. The Morgan fingerprint density at radius 3 is 2.52 bits per heavy atom. The molecular formula is C12H17ClF3N5. The molecule has 0 unspecified atom stereocenters. The third-order valence-electron chi connectivity index (χ3n) is 3.14. The van der Waals surface area contributed by atoms with Crippen molar-refractivity contribution in [2.75, 3.05) is 49.5 Å². The van der Waals surface area contributed by atoms with Gasteiger partial charge in [0.05, 0.1) is 12.7 Å². The third kappa shape index (κ3) is 4.60. The van der Waals surface area contributed by atoms with Crippen LogP contribution in [-0.4, -0.2) is 60.3 Å². The van der Waals surface area contributed by atoms with Gasteiger partial charge < -0.3 is 10.2 Å². The van der Waals surface area contributed by atoms with Gasteiger partial charge in [-0.1, -0.05) is 11.6 Å². The normalized spacial score (nSPS) is 17.1. The molecule has 118 valence electrons. The molecule has 2 heterocycles. The number of hydrogen-bond acceptors (Lipinski definition) is 5. The quantitative estimate of drug-likeness (QED) is 0.920. The second-order valence-electron chi connectivity index (χ2n) is 4.77. The molecule has 9 heteroatoms. The molecule has 1 N–H and O–H groups in total. The molecule has 0 amide bonds. The van der Waals surface area contributed by atoms with E-state index in [0.29, 0.717) is 49.5 Å². The fourth-order valence-corrected chi connectivity index (χ4v) is 2.41. The van der Waals surface area contributed by atoms with Crippen molar-refractivity contribution in [1.29, 1.82) is 0 Å². The van der Waals surface area contributed by atoms with E-state index in [1.54, 1.807) is 0 Å². The lowest BCUT2D eigenvalue weighted by Gasteiger charge is -2.35. The Morgan fingerprint density at radius 1 is 1.29 bits per heavy atom. The number of anilines is 2. The molecule has 1 aliphatic heterocycles. The van der Waals surface area contributed by atoms with Crippen molar-refractivity contribution in [3.8, 4) is 0 Å². The molecule has 5 nitrogen and oxygen atoms in total. The monoisotopic (exact) mass is 323 g/mol. The maximum absolute atomic E-state index is 12.4. The summed E-state index contributed by atoms with van der Waals surface area (Å²) >= 11 is 6.08. The zero-order valence-electron chi connectivity index (χ0n) is 11.6. The average Bonchev–Trinajstić information content (AvgIpc) is 2.40. The van der Waals surface area contributed by atoms with Crippen molar-refractivity contribution >= 4 is 23.4 Å². The zero-order valence-corrected chi connectivity index (χ0v) is 12.4. The maximum Gasteiger partial charge on any atom is 0.401 e. The standard InChI is InChI=1S/C12H17ClF3N5/c1-2-17-11-18-7-9(13)10(19-11)21-5-3-20(4-6-21)8-12(14,15)16/h7H,2-6,8H2,1H3,(H,17,18,19). The predicted octanol–water partition coefficient (Wildman–Crippen LogP) is 2.25. The molecule has 0 aliphatic carbocycles. The lowest BCUT2D eigenvalue weighted by molar-refractivity contribution is -0.146. The minimum Gasteiger partial charge on any atom is -0.354 e. The Labute approximate surface area is 126 Å². The number of nitrogens with zero attached hydrogens (tertiary/aromatic N) is 4. The van der Waals surface area contributed by atoms with E-state index in [-0.39, 0.29) is 0 Å². The molecule has 0 aromatic carbocycles. The van der Waals surface area contributed by atoms with E-state index < -0.39 is 12.7 Å². The van der Waals surface area contributed by atoms with Crippen LogP contribution in [0.2, 0.25) is 5.02 Å². The first-order chi connectivity index (χ1) is 9.89. The lowest BCUT2D eigenvalue weighted by Crippen LogP contribution is -2.49. The van der Waals surface area contributed by atoms with Gasteiger partial charge in [-0.2, -0.15) is 18.2 Å². The Balaban J connectivity index is 2.00. The number of hydrogen-bond donors (Lipinski definition) is 1. The van der Waals surface area contributed by atoms with Gasteiger partial charge in [-0.25, -0.2) is 4.98 Å². The first kappa shape index (κ1) is 16.1. The molecule has 0 saturated carbocycles. The van der Waals surface area contributed by atoms with Gasteiger partial charge in [0.1, 0.15) is 5.02 Å². The van der Waals surface area contributed by atoms with Crippen LogP contribution in [0.5, 0.6) is 0 Å². The fraction of sp³-hybridized carbons (Fsp3) is 0.667. The fourth-order valence-electron chi connectivity index (χ4n) is 2.19. The second kappa shape index (κ2) is 6.65. The molecule has 1 aliphatic rings. The van der Waals surface area contributed by atoms with Gasteiger partial charge in [0.2, 0.25) is 5.95 Å². The van der Waals surface area contributed by atoms with Crippen LogP contribution in [-0.2, 0) is 0 Å². The molecule has 1 aromatic rings. The number of aromatic nitrogens is 2. The maximum atomic E-state index is 12.4. The lowest BCUT2D eigenvalue weighted by atomic mass is 10.3. The highest BCUT2D eigenvalue weighted by Gasteiger charge is 2.32. The zero-order chi connectivity index (χ0) is 15.5. The van der Waals surface area contributed by atoms with Crippen LogP contribution in [0.1, 0.15) is 6.92 Å². The summed E-state index contributed by atoms with van der Waals surface area (Å²) in [6.07, 6.45) is -2.66. The average molecular weight is 324 g/mol. The van der Waals surface area contributed by atoms with E-state index in [4.69, 9.17) is 11.6 Å². The van der Waals surface area contributed by atoms with Gasteiger partial charge in [0, 0.05) is 32.7 Å². The second-order valence-corrected chi connectivity index (χ2v) is 5.18. The minimum atomic E-state index is -4.16. The third-order valence-corrected chi connectivity index (χ3v) is 3.40. The van der Waals surface area contributed by atoms with Gasteiger partial charge >= 0.3 is 6.18 Å². The first-order valence-electron chi connectivity index (χ1n) is 6.69. The van der Waals surface area contributed by atoms with Crippen molar-refractivity contribution < 1.29 is 13.2 Å². The largest absolute Gasteiger partial charge is 0.401 e. The van der Waals surface area contributed by atoms with Gasteiger partial charge in [0.15, 0.2) is 5.82 Å². The molecule has 21 heavy (non-hydrogen) atoms. The Bertz CT molecular complexity index is 474. The van der Waals surface area contributed by atoms with Crippen LogP contribution in [0.25, 0.3) is 0 Å². The number of rotatable bonds is 4. The van der Waals surface area contributed by atoms with Crippen LogP contribution in [0.4, 0.5) is 24.9 Å². The summed E-state index contributed by atoms with van der Waals surface area (Å²) in [5.41, 5.74) is 0. The van der Waals surface area contributed by atoms with Gasteiger partial charge in [0.25, 0.3) is 0 Å². The van der Waals surface area contributed by atoms with Crippen molar-refractivity contribution in [3.63, 3.8) is 0 Å². The minimum absolute atomic E-state index is 0.330. The topological polar surface area (TPSA) is 44.3 Å². The van der Waals surface area contributed by atoms with Crippen molar-refractivity contribution in [3.05, 3.63) is 11.2 Å². The van der Waals surface area contributed by atoms with E-state index in [2.05, 4.69) is 15.3 Å².